The molecule has 26 heavy (non-hydrogen) atoms. The van der Waals surface area contributed by atoms with Crippen LogP contribution in [0.2, 0.25) is 0 Å². The highest BCUT2D eigenvalue weighted by atomic mass is 16.1. The van der Waals surface area contributed by atoms with Crippen LogP contribution in [0, 0.1) is 5.92 Å². The van der Waals surface area contributed by atoms with E-state index in [1.807, 2.05) is 26.0 Å². The van der Waals surface area contributed by atoms with E-state index in [1.165, 1.54) is 43.5 Å². The summed E-state index contributed by atoms with van der Waals surface area (Å²) in [4.78, 5) is 13.7. The third kappa shape index (κ3) is 5.43. The highest BCUT2D eigenvalue weighted by Gasteiger charge is 2.22. The van der Waals surface area contributed by atoms with Gasteiger partial charge in [0.2, 0.25) is 0 Å². The van der Waals surface area contributed by atoms with Crippen molar-refractivity contribution >= 4 is 5.91 Å². The molecule has 0 unspecified atom stereocenters. The summed E-state index contributed by atoms with van der Waals surface area (Å²) in [5.74, 6) is 0.837. The van der Waals surface area contributed by atoms with Crippen LogP contribution in [0.15, 0.2) is 54.6 Å². The molecule has 1 aliphatic heterocycles. The zero-order chi connectivity index (χ0) is 18.4. The Labute approximate surface area is 157 Å². The van der Waals surface area contributed by atoms with Crippen LogP contribution >= 0.6 is 0 Å². The minimum Gasteiger partial charge on any atom is -0.350 e. The van der Waals surface area contributed by atoms with Gasteiger partial charge in [-0.25, -0.2) is 0 Å². The Morgan fingerprint density at radius 2 is 1.65 bits per heavy atom. The zero-order valence-electron chi connectivity index (χ0n) is 16.0. The smallest absolute Gasteiger partial charge is 0.251 e. The number of carbonyl (C=O) groups excluding carboxylic acids is 1. The Balaban J connectivity index is 1.46. The summed E-state index contributed by atoms with van der Waals surface area (Å²) in [6.45, 7) is 7.51. The summed E-state index contributed by atoms with van der Waals surface area (Å²) in [6, 6.07) is 19.2. The number of piperidine rings is 1. The lowest BCUT2D eigenvalue weighted by Crippen LogP contribution is -3.11. The van der Waals surface area contributed by atoms with E-state index in [0.29, 0.717) is 0 Å². The van der Waals surface area contributed by atoms with Crippen molar-refractivity contribution in [3.63, 3.8) is 0 Å². The standard InChI is InChI=1S/C23H30N2O/c1-18(2)24-23(26)22-10-8-21(9-11-22)17-25-14-12-20(13-15-25)16-19-6-4-3-5-7-19/h3-11,18,20H,12-17H2,1-2H3,(H,24,26)/p+1. The molecule has 0 spiro atoms. The molecule has 0 aromatic heterocycles. The van der Waals surface area contributed by atoms with Crippen LogP contribution in [-0.2, 0) is 13.0 Å². The van der Waals surface area contributed by atoms with Gasteiger partial charge < -0.3 is 10.2 Å². The molecular formula is C23H31N2O+. The number of quaternary nitrogens is 1. The minimum absolute atomic E-state index is 0.0145. The van der Waals surface area contributed by atoms with Crippen LogP contribution in [-0.4, -0.2) is 25.0 Å². The number of hydrogen-bond donors (Lipinski definition) is 2. The second-order valence-electron chi connectivity index (χ2n) is 7.88. The Kier molecular flexibility index (Phi) is 6.45. The van der Waals surface area contributed by atoms with Crippen molar-refractivity contribution in [2.24, 2.45) is 5.92 Å². The van der Waals surface area contributed by atoms with Gasteiger partial charge in [-0.2, -0.15) is 0 Å². The average Bonchev–Trinajstić information content (AvgIpc) is 2.64. The maximum atomic E-state index is 12.0. The highest BCUT2D eigenvalue weighted by molar-refractivity contribution is 5.94. The van der Waals surface area contributed by atoms with E-state index >= 15 is 0 Å². The van der Waals surface area contributed by atoms with Crippen molar-refractivity contribution in [2.45, 2.75) is 45.7 Å². The number of amides is 1. The number of likely N-dealkylation sites (tertiary alicyclic amines) is 1. The van der Waals surface area contributed by atoms with Gasteiger partial charge in [-0.3, -0.25) is 4.79 Å². The molecule has 1 fully saturated rings. The van der Waals surface area contributed by atoms with Crippen LogP contribution in [0.1, 0.15) is 48.2 Å². The first kappa shape index (κ1) is 18.7. The predicted molar refractivity (Wildman–Crippen MR) is 106 cm³/mol. The first-order chi connectivity index (χ1) is 12.6. The maximum absolute atomic E-state index is 12.0. The monoisotopic (exact) mass is 351 g/mol. The normalized spacial score (nSPS) is 20.1. The van der Waals surface area contributed by atoms with Gasteiger partial charge in [0.1, 0.15) is 6.54 Å². The number of hydrogen-bond acceptors (Lipinski definition) is 1. The Morgan fingerprint density at radius 1 is 1.00 bits per heavy atom. The fraction of sp³-hybridized carbons (Fsp3) is 0.435. The summed E-state index contributed by atoms with van der Waals surface area (Å²) >= 11 is 0. The second kappa shape index (κ2) is 9.00. The number of benzene rings is 2. The van der Waals surface area contributed by atoms with Gasteiger partial charge in [0.15, 0.2) is 0 Å². The molecule has 0 aliphatic carbocycles. The molecule has 0 radical (unpaired) electrons. The summed E-state index contributed by atoms with van der Waals surface area (Å²) < 4.78 is 0. The molecular weight excluding hydrogens is 320 g/mol. The predicted octanol–water partition coefficient (Wildman–Crippen LogP) is 2.86. The van der Waals surface area contributed by atoms with Crippen LogP contribution < -0.4 is 10.2 Å². The zero-order valence-corrected chi connectivity index (χ0v) is 16.0. The number of rotatable bonds is 6. The molecule has 1 aliphatic rings. The summed E-state index contributed by atoms with van der Waals surface area (Å²) in [6.07, 6.45) is 3.83. The van der Waals surface area contributed by atoms with Gasteiger partial charge in [-0.1, -0.05) is 42.5 Å². The summed E-state index contributed by atoms with van der Waals surface area (Å²) in [5.41, 5.74) is 3.54. The van der Waals surface area contributed by atoms with Gasteiger partial charge in [0.05, 0.1) is 13.1 Å². The molecule has 1 saturated heterocycles. The van der Waals surface area contributed by atoms with Gasteiger partial charge in [0, 0.05) is 17.2 Å². The van der Waals surface area contributed by atoms with Crippen molar-refractivity contribution < 1.29 is 9.69 Å². The van der Waals surface area contributed by atoms with Crippen molar-refractivity contribution in [3.05, 3.63) is 71.3 Å². The lowest BCUT2D eigenvalue weighted by molar-refractivity contribution is -0.919. The molecule has 2 N–H and O–H groups in total. The molecule has 2 aromatic rings. The van der Waals surface area contributed by atoms with Crippen molar-refractivity contribution in [1.29, 1.82) is 0 Å². The van der Waals surface area contributed by atoms with Gasteiger partial charge in [0.25, 0.3) is 5.91 Å². The van der Waals surface area contributed by atoms with Gasteiger partial charge in [-0.05, 0) is 56.7 Å². The van der Waals surface area contributed by atoms with Crippen molar-refractivity contribution in [1.82, 2.24) is 5.32 Å². The Bertz CT molecular complexity index is 686. The molecule has 1 heterocycles. The summed E-state index contributed by atoms with van der Waals surface area (Å²) in [7, 11) is 0. The number of carbonyl (C=O) groups is 1. The van der Waals surface area contributed by atoms with Gasteiger partial charge >= 0.3 is 0 Å². The van der Waals surface area contributed by atoms with E-state index in [0.717, 1.165) is 18.0 Å². The minimum atomic E-state index is 0.0145. The van der Waals surface area contributed by atoms with Gasteiger partial charge in [-0.15, -0.1) is 0 Å². The molecule has 2 aromatic carbocycles. The SMILES string of the molecule is CC(C)NC(=O)c1ccc(C[NH+]2CCC(Cc3ccccc3)CC2)cc1. The van der Waals surface area contributed by atoms with Crippen LogP contribution in [0.25, 0.3) is 0 Å². The average molecular weight is 352 g/mol. The molecule has 3 heteroatoms. The lowest BCUT2D eigenvalue weighted by Gasteiger charge is -2.29. The van der Waals surface area contributed by atoms with E-state index in [2.05, 4.69) is 47.8 Å². The van der Waals surface area contributed by atoms with Crippen molar-refractivity contribution in [3.8, 4) is 0 Å². The molecule has 1 amide bonds. The third-order valence-corrected chi connectivity index (χ3v) is 5.27. The molecule has 3 rings (SSSR count). The fourth-order valence-electron chi connectivity index (χ4n) is 3.82. The Hall–Kier alpha value is -2.13. The fourth-order valence-corrected chi connectivity index (χ4v) is 3.82. The lowest BCUT2D eigenvalue weighted by atomic mass is 9.90. The molecule has 138 valence electrons. The van der Waals surface area contributed by atoms with Crippen LogP contribution in [0.3, 0.4) is 0 Å². The maximum Gasteiger partial charge on any atom is 0.251 e. The first-order valence-electron chi connectivity index (χ1n) is 9.87. The van der Waals surface area contributed by atoms with E-state index in [4.69, 9.17) is 0 Å². The first-order valence-corrected chi connectivity index (χ1v) is 9.87. The van der Waals surface area contributed by atoms with Crippen LogP contribution in [0.5, 0.6) is 0 Å². The summed E-state index contributed by atoms with van der Waals surface area (Å²) in [5, 5.41) is 2.94. The van der Waals surface area contributed by atoms with E-state index < -0.39 is 0 Å². The molecule has 0 atom stereocenters. The van der Waals surface area contributed by atoms with E-state index in [1.54, 1.807) is 4.90 Å². The third-order valence-electron chi connectivity index (χ3n) is 5.27. The molecule has 0 saturated carbocycles. The topological polar surface area (TPSA) is 33.5 Å². The highest BCUT2D eigenvalue weighted by Crippen LogP contribution is 2.16. The molecule has 3 nitrogen and oxygen atoms in total. The van der Waals surface area contributed by atoms with E-state index in [9.17, 15) is 4.79 Å². The van der Waals surface area contributed by atoms with Crippen LogP contribution in [0.4, 0.5) is 0 Å². The quantitative estimate of drug-likeness (QED) is 0.824. The molecule has 0 bridgehead atoms. The second-order valence-corrected chi connectivity index (χ2v) is 7.88. The van der Waals surface area contributed by atoms with E-state index in [-0.39, 0.29) is 11.9 Å². The number of nitrogens with one attached hydrogen (secondary N) is 2. The van der Waals surface area contributed by atoms with Crippen molar-refractivity contribution in [2.75, 3.05) is 13.1 Å². The Morgan fingerprint density at radius 3 is 2.27 bits per heavy atom. The largest absolute Gasteiger partial charge is 0.350 e.